The number of halogens is 1. The molecule has 0 fully saturated rings. The highest BCUT2D eigenvalue weighted by atomic mass is 35.5. The van der Waals surface area contributed by atoms with Crippen molar-refractivity contribution in [2.45, 2.75) is 19.4 Å². The zero-order valence-corrected chi connectivity index (χ0v) is 9.37. The molecule has 1 aromatic rings. The van der Waals surface area contributed by atoms with Gasteiger partial charge in [0.2, 0.25) is 0 Å². The first kappa shape index (κ1) is 11.5. The molecule has 0 radical (unpaired) electrons. The second-order valence-electron chi connectivity index (χ2n) is 3.49. The molecule has 0 unspecified atom stereocenters. The monoisotopic (exact) mass is 212 g/mol. The van der Waals surface area contributed by atoms with Crippen molar-refractivity contribution in [1.29, 1.82) is 0 Å². The maximum Gasteiger partial charge on any atom is 0.0271 e. The number of pyridine rings is 1. The molecule has 3 heteroatoms. The SMILES string of the molecule is CN(CCCCCl)Cc1ccncc1. The lowest BCUT2D eigenvalue weighted by molar-refractivity contribution is 0.321. The van der Waals surface area contributed by atoms with Gasteiger partial charge in [-0.25, -0.2) is 0 Å². The quantitative estimate of drug-likeness (QED) is 0.532. The van der Waals surface area contributed by atoms with Crippen molar-refractivity contribution in [3.8, 4) is 0 Å². The molecule has 0 saturated heterocycles. The second kappa shape index (κ2) is 6.80. The summed E-state index contributed by atoms with van der Waals surface area (Å²) in [5, 5.41) is 0. The van der Waals surface area contributed by atoms with E-state index >= 15 is 0 Å². The molecule has 0 atom stereocenters. The summed E-state index contributed by atoms with van der Waals surface area (Å²) in [6.07, 6.45) is 5.94. The number of alkyl halides is 1. The average molecular weight is 213 g/mol. The fourth-order valence-corrected chi connectivity index (χ4v) is 1.54. The highest BCUT2D eigenvalue weighted by molar-refractivity contribution is 6.17. The van der Waals surface area contributed by atoms with Gasteiger partial charge in [-0.15, -0.1) is 11.6 Å². The molecule has 0 aliphatic carbocycles. The lowest BCUT2D eigenvalue weighted by Crippen LogP contribution is -2.19. The molecule has 0 bridgehead atoms. The molecule has 1 aromatic heterocycles. The zero-order valence-electron chi connectivity index (χ0n) is 8.62. The van der Waals surface area contributed by atoms with Crippen LogP contribution in [0, 0.1) is 0 Å². The Bertz CT molecular complexity index is 238. The maximum absolute atomic E-state index is 5.62. The minimum absolute atomic E-state index is 0.767. The van der Waals surface area contributed by atoms with E-state index in [-0.39, 0.29) is 0 Å². The van der Waals surface area contributed by atoms with Gasteiger partial charge in [-0.2, -0.15) is 0 Å². The molecule has 0 amide bonds. The minimum atomic E-state index is 0.767. The number of unbranched alkanes of at least 4 members (excludes halogenated alkanes) is 1. The van der Waals surface area contributed by atoms with E-state index in [1.54, 1.807) is 0 Å². The number of rotatable bonds is 6. The van der Waals surface area contributed by atoms with Crippen molar-refractivity contribution in [3.05, 3.63) is 30.1 Å². The van der Waals surface area contributed by atoms with Gasteiger partial charge < -0.3 is 4.90 Å². The maximum atomic E-state index is 5.62. The number of hydrogen-bond donors (Lipinski definition) is 0. The summed E-state index contributed by atoms with van der Waals surface area (Å²) in [7, 11) is 2.13. The van der Waals surface area contributed by atoms with Crippen LogP contribution in [0.1, 0.15) is 18.4 Å². The molecule has 0 saturated carbocycles. The Morgan fingerprint density at radius 1 is 1.29 bits per heavy atom. The third-order valence-corrected chi connectivity index (χ3v) is 2.39. The van der Waals surface area contributed by atoms with Gasteiger partial charge in [0, 0.05) is 24.8 Å². The van der Waals surface area contributed by atoms with Crippen molar-refractivity contribution >= 4 is 11.6 Å². The third-order valence-electron chi connectivity index (χ3n) is 2.13. The van der Waals surface area contributed by atoms with Crippen molar-refractivity contribution in [2.24, 2.45) is 0 Å². The van der Waals surface area contributed by atoms with Crippen LogP contribution in [0.5, 0.6) is 0 Å². The summed E-state index contributed by atoms with van der Waals surface area (Å²) in [5.41, 5.74) is 1.31. The van der Waals surface area contributed by atoms with E-state index in [0.717, 1.165) is 25.4 Å². The predicted octanol–water partition coefficient (Wildman–Crippen LogP) is 2.53. The molecule has 0 spiro atoms. The fraction of sp³-hybridized carbons (Fsp3) is 0.545. The largest absolute Gasteiger partial charge is 0.302 e. The smallest absolute Gasteiger partial charge is 0.0271 e. The van der Waals surface area contributed by atoms with E-state index in [1.807, 2.05) is 12.4 Å². The van der Waals surface area contributed by atoms with Crippen LogP contribution < -0.4 is 0 Å². The van der Waals surface area contributed by atoms with E-state index in [2.05, 4.69) is 29.1 Å². The normalized spacial score (nSPS) is 10.8. The summed E-state index contributed by atoms with van der Waals surface area (Å²) in [5.74, 6) is 0.767. The lowest BCUT2D eigenvalue weighted by Gasteiger charge is -2.15. The van der Waals surface area contributed by atoms with Crippen LogP contribution in [-0.4, -0.2) is 29.4 Å². The first-order chi connectivity index (χ1) is 6.83. The van der Waals surface area contributed by atoms with E-state index in [4.69, 9.17) is 11.6 Å². The Morgan fingerprint density at radius 3 is 2.64 bits per heavy atom. The van der Waals surface area contributed by atoms with Crippen molar-refractivity contribution < 1.29 is 0 Å². The number of aromatic nitrogens is 1. The average Bonchev–Trinajstić information content (AvgIpc) is 2.20. The van der Waals surface area contributed by atoms with Gasteiger partial charge in [0.05, 0.1) is 0 Å². The van der Waals surface area contributed by atoms with Gasteiger partial charge in [-0.3, -0.25) is 4.98 Å². The lowest BCUT2D eigenvalue weighted by atomic mass is 10.2. The van der Waals surface area contributed by atoms with E-state index in [0.29, 0.717) is 0 Å². The molecule has 0 N–H and O–H groups in total. The molecular formula is C11H17ClN2. The van der Waals surface area contributed by atoms with Crippen LogP contribution in [0.2, 0.25) is 0 Å². The van der Waals surface area contributed by atoms with Crippen LogP contribution in [-0.2, 0) is 6.54 Å². The summed E-state index contributed by atoms with van der Waals surface area (Å²) in [6.45, 7) is 2.10. The predicted molar refractivity (Wildman–Crippen MR) is 60.5 cm³/mol. The molecule has 14 heavy (non-hydrogen) atoms. The zero-order chi connectivity index (χ0) is 10.2. The topological polar surface area (TPSA) is 16.1 Å². The molecule has 78 valence electrons. The third kappa shape index (κ3) is 4.58. The summed E-state index contributed by atoms with van der Waals surface area (Å²) >= 11 is 5.62. The number of hydrogen-bond acceptors (Lipinski definition) is 2. The van der Waals surface area contributed by atoms with Gasteiger partial charge in [0.1, 0.15) is 0 Å². The molecule has 1 rings (SSSR count). The minimum Gasteiger partial charge on any atom is -0.302 e. The molecule has 0 aliphatic rings. The Hall–Kier alpha value is -0.600. The van der Waals surface area contributed by atoms with Crippen LogP contribution in [0.15, 0.2) is 24.5 Å². The van der Waals surface area contributed by atoms with Crippen LogP contribution >= 0.6 is 11.6 Å². The second-order valence-corrected chi connectivity index (χ2v) is 3.87. The van der Waals surface area contributed by atoms with Crippen LogP contribution in [0.25, 0.3) is 0 Å². The molecule has 2 nitrogen and oxygen atoms in total. The molecule has 1 heterocycles. The van der Waals surface area contributed by atoms with E-state index < -0.39 is 0 Å². The van der Waals surface area contributed by atoms with Crippen LogP contribution in [0.4, 0.5) is 0 Å². The molecular weight excluding hydrogens is 196 g/mol. The Morgan fingerprint density at radius 2 is 2.00 bits per heavy atom. The first-order valence-electron chi connectivity index (χ1n) is 4.96. The van der Waals surface area contributed by atoms with Gasteiger partial charge in [-0.1, -0.05) is 0 Å². The Balaban J connectivity index is 2.23. The Labute approximate surface area is 90.9 Å². The summed E-state index contributed by atoms with van der Waals surface area (Å²) in [6, 6.07) is 4.11. The van der Waals surface area contributed by atoms with Crippen molar-refractivity contribution in [2.75, 3.05) is 19.5 Å². The van der Waals surface area contributed by atoms with Gasteiger partial charge in [0.15, 0.2) is 0 Å². The van der Waals surface area contributed by atoms with E-state index in [1.165, 1.54) is 12.0 Å². The highest BCUT2D eigenvalue weighted by Crippen LogP contribution is 2.02. The summed E-state index contributed by atoms with van der Waals surface area (Å²) < 4.78 is 0. The van der Waals surface area contributed by atoms with Crippen molar-refractivity contribution in [1.82, 2.24) is 9.88 Å². The molecule has 0 aliphatic heterocycles. The van der Waals surface area contributed by atoms with E-state index in [9.17, 15) is 0 Å². The van der Waals surface area contributed by atoms with Gasteiger partial charge in [0.25, 0.3) is 0 Å². The summed E-state index contributed by atoms with van der Waals surface area (Å²) in [4.78, 5) is 6.30. The van der Waals surface area contributed by atoms with Gasteiger partial charge in [-0.05, 0) is 44.1 Å². The Kier molecular flexibility index (Phi) is 5.57. The van der Waals surface area contributed by atoms with Crippen molar-refractivity contribution in [3.63, 3.8) is 0 Å². The first-order valence-corrected chi connectivity index (χ1v) is 5.50. The standard InChI is InChI=1S/C11H17ClN2/c1-14(9-3-2-6-12)10-11-4-7-13-8-5-11/h4-5,7-8H,2-3,6,9-10H2,1H3. The number of nitrogens with zero attached hydrogens (tertiary/aromatic N) is 2. The highest BCUT2D eigenvalue weighted by Gasteiger charge is 1.98. The van der Waals surface area contributed by atoms with Gasteiger partial charge >= 0.3 is 0 Å². The molecule has 0 aromatic carbocycles. The van der Waals surface area contributed by atoms with Crippen LogP contribution in [0.3, 0.4) is 0 Å². The fourth-order valence-electron chi connectivity index (χ4n) is 1.36.